The third-order valence-electron chi connectivity index (χ3n) is 6.22. The van der Waals surface area contributed by atoms with Crippen molar-refractivity contribution in [1.82, 2.24) is 26.1 Å². The minimum Gasteiger partial charge on any atom is -0.444 e. The number of nitrogens with one attached hydrogen (secondary N) is 3. The van der Waals surface area contributed by atoms with E-state index in [1.165, 1.54) is 9.96 Å². The van der Waals surface area contributed by atoms with Gasteiger partial charge in [0.1, 0.15) is 11.6 Å². The van der Waals surface area contributed by atoms with Crippen molar-refractivity contribution in [1.29, 1.82) is 0 Å². The van der Waals surface area contributed by atoms with Crippen LogP contribution in [0.5, 0.6) is 0 Å². The zero-order valence-electron chi connectivity index (χ0n) is 20.0. The number of hydrogen-bond acceptors (Lipinski definition) is 6. The Morgan fingerprint density at radius 3 is 2.48 bits per heavy atom. The van der Waals surface area contributed by atoms with Gasteiger partial charge in [-0.15, -0.1) is 0 Å². The molecule has 0 aromatic heterocycles. The molecule has 11 heteroatoms. The molecule has 2 saturated heterocycles. The van der Waals surface area contributed by atoms with Gasteiger partial charge in [0.15, 0.2) is 0 Å². The van der Waals surface area contributed by atoms with Gasteiger partial charge in [0.2, 0.25) is 5.91 Å². The predicted octanol–water partition coefficient (Wildman–Crippen LogP) is 1.83. The van der Waals surface area contributed by atoms with Crippen molar-refractivity contribution in [3.63, 3.8) is 0 Å². The quantitative estimate of drug-likeness (QED) is 0.387. The standard InChI is InChI=1S/C22H37N5O6/c1-5-6-12-32-27-14-10-11-17(26(13-14)21(27)31)19(29)25-24-18(28)15-8-7-9-16(15)23-20(30)33-22(2,3)4/h14-17H,5-13H2,1-4H3,(H,23,30)(H,24,28)(H,25,29)/t14?,15-,16-,17+/m1/s1. The van der Waals surface area contributed by atoms with Crippen LogP contribution in [0, 0.1) is 5.92 Å². The van der Waals surface area contributed by atoms with Gasteiger partial charge in [0.05, 0.1) is 18.6 Å². The zero-order valence-corrected chi connectivity index (χ0v) is 20.0. The van der Waals surface area contributed by atoms with E-state index in [2.05, 4.69) is 16.2 Å². The van der Waals surface area contributed by atoms with Gasteiger partial charge >= 0.3 is 12.1 Å². The smallest absolute Gasteiger partial charge is 0.407 e. The first-order chi connectivity index (χ1) is 15.6. The van der Waals surface area contributed by atoms with Crippen molar-refractivity contribution in [2.75, 3.05) is 13.2 Å². The van der Waals surface area contributed by atoms with Gasteiger partial charge in [0.25, 0.3) is 5.91 Å². The number of unbranched alkanes of at least 4 members (excludes halogenated alkanes) is 1. The first kappa shape index (κ1) is 25.1. The van der Waals surface area contributed by atoms with E-state index in [0.717, 1.165) is 19.3 Å². The number of carbonyl (C=O) groups is 4. The number of carbonyl (C=O) groups excluding carboxylic acids is 4. The van der Waals surface area contributed by atoms with Crippen LogP contribution in [0.1, 0.15) is 72.6 Å². The highest BCUT2D eigenvalue weighted by molar-refractivity contribution is 5.90. The molecule has 11 nitrogen and oxygen atoms in total. The van der Waals surface area contributed by atoms with Gasteiger partial charge < -0.3 is 15.0 Å². The fourth-order valence-electron chi connectivity index (χ4n) is 4.58. The summed E-state index contributed by atoms with van der Waals surface area (Å²) >= 11 is 0. The summed E-state index contributed by atoms with van der Waals surface area (Å²) < 4.78 is 5.28. The normalized spacial score (nSPS) is 26.8. The Morgan fingerprint density at radius 2 is 1.79 bits per heavy atom. The monoisotopic (exact) mass is 467 g/mol. The number of hydrogen-bond donors (Lipinski definition) is 3. The summed E-state index contributed by atoms with van der Waals surface area (Å²) in [6.45, 7) is 8.27. The average Bonchev–Trinajstić information content (AvgIpc) is 3.29. The van der Waals surface area contributed by atoms with Gasteiger partial charge in [-0.05, 0) is 52.9 Å². The lowest BCUT2D eigenvalue weighted by atomic mass is 10.0. The van der Waals surface area contributed by atoms with Gasteiger partial charge in [-0.1, -0.05) is 19.8 Å². The Morgan fingerprint density at radius 1 is 1.06 bits per heavy atom. The van der Waals surface area contributed by atoms with Crippen molar-refractivity contribution >= 4 is 23.9 Å². The molecule has 1 aliphatic carbocycles. The molecule has 1 saturated carbocycles. The molecule has 0 aromatic rings. The molecule has 2 bridgehead atoms. The molecular weight excluding hydrogens is 430 g/mol. The summed E-state index contributed by atoms with van der Waals surface area (Å²) in [6.07, 6.45) is 4.46. The number of alkyl carbamates (subject to hydrolysis) is 1. The minimum absolute atomic E-state index is 0.0498. The van der Waals surface area contributed by atoms with Crippen LogP contribution >= 0.6 is 0 Å². The molecule has 3 aliphatic rings. The van der Waals surface area contributed by atoms with Crippen LogP contribution < -0.4 is 16.2 Å². The number of hydroxylamine groups is 2. The lowest BCUT2D eigenvalue weighted by molar-refractivity contribution is -0.134. The van der Waals surface area contributed by atoms with E-state index in [-0.39, 0.29) is 24.0 Å². The molecule has 0 aromatic carbocycles. The average molecular weight is 468 g/mol. The van der Waals surface area contributed by atoms with E-state index in [1.807, 2.05) is 6.92 Å². The third-order valence-corrected chi connectivity index (χ3v) is 6.22. The Hall–Kier alpha value is -2.56. The molecule has 5 amide bonds. The second-order valence-corrected chi connectivity index (χ2v) is 9.96. The second-order valence-electron chi connectivity index (χ2n) is 9.96. The predicted molar refractivity (Wildman–Crippen MR) is 118 cm³/mol. The molecule has 4 atom stereocenters. The topological polar surface area (TPSA) is 129 Å². The van der Waals surface area contributed by atoms with Gasteiger partial charge in [-0.3, -0.25) is 25.3 Å². The summed E-state index contributed by atoms with van der Waals surface area (Å²) in [4.78, 5) is 57.4. The molecule has 3 fully saturated rings. The van der Waals surface area contributed by atoms with Crippen LogP contribution in [0.3, 0.4) is 0 Å². The number of amides is 5. The Labute approximate surface area is 194 Å². The maximum absolute atomic E-state index is 12.8. The largest absolute Gasteiger partial charge is 0.444 e. The van der Waals surface area contributed by atoms with Crippen molar-refractivity contribution in [2.24, 2.45) is 5.92 Å². The van der Waals surface area contributed by atoms with Crippen LogP contribution in [0.25, 0.3) is 0 Å². The third kappa shape index (κ3) is 6.27. The van der Waals surface area contributed by atoms with E-state index in [1.54, 1.807) is 20.8 Å². The molecule has 0 spiro atoms. The van der Waals surface area contributed by atoms with E-state index >= 15 is 0 Å². The van der Waals surface area contributed by atoms with E-state index in [0.29, 0.717) is 38.8 Å². The van der Waals surface area contributed by atoms with Gasteiger partial charge in [0, 0.05) is 12.6 Å². The maximum atomic E-state index is 12.8. The molecule has 33 heavy (non-hydrogen) atoms. The summed E-state index contributed by atoms with van der Waals surface area (Å²) in [7, 11) is 0. The van der Waals surface area contributed by atoms with Gasteiger partial charge in [-0.25, -0.2) is 9.59 Å². The van der Waals surface area contributed by atoms with Crippen LogP contribution in [-0.2, 0) is 19.2 Å². The van der Waals surface area contributed by atoms with Crippen molar-refractivity contribution in [3.05, 3.63) is 0 Å². The van der Waals surface area contributed by atoms with Crippen molar-refractivity contribution in [2.45, 2.75) is 96.4 Å². The highest BCUT2D eigenvalue weighted by atomic mass is 16.7. The highest BCUT2D eigenvalue weighted by Crippen LogP contribution is 2.30. The molecule has 2 aliphatic heterocycles. The molecule has 186 valence electrons. The van der Waals surface area contributed by atoms with Crippen molar-refractivity contribution < 1.29 is 28.8 Å². The molecular formula is C22H37N5O6. The minimum atomic E-state index is -0.659. The fourth-order valence-corrected chi connectivity index (χ4v) is 4.58. The van der Waals surface area contributed by atoms with E-state index in [9.17, 15) is 19.2 Å². The summed E-state index contributed by atoms with van der Waals surface area (Å²) in [5.41, 5.74) is 4.33. The number of rotatable bonds is 7. The summed E-state index contributed by atoms with van der Waals surface area (Å²) in [5.74, 6) is -1.27. The van der Waals surface area contributed by atoms with Crippen LogP contribution in [0.4, 0.5) is 9.59 Å². The molecule has 2 heterocycles. The lowest BCUT2D eigenvalue weighted by Gasteiger charge is -2.29. The number of nitrogens with zero attached hydrogens (tertiary/aromatic N) is 2. The van der Waals surface area contributed by atoms with Crippen LogP contribution in [-0.4, -0.2) is 70.8 Å². The number of fused-ring (bicyclic) bond motifs is 2. The molecule has 0 radical (unpaired) electrons. The Balaban J connectivity index is 1.48. The maximum Gasteiger partial charge on any atom is 0.407 e. The van der Waals surface area contributed by atoms with Gasteiger partial charge in [-0.2, -0.15) is 5.06 Å². The van der Waals surface area contributed by atoms with Crippen molar-refractivity contribution in [3.8, 4) is 0 Å². The SMILES string of the molecule is CCCCON1C(=O)N2CC1CC[C@H]2C(=O)NNC(=O)[C@@H]1CCC[C@H]1NC(=O)OC(C)(C)C. The summed E-state index contributed by atoms with van der Waals surface area (Å²) in [5, 5.41) is 4.16. The molecule has 1 unspecified atom stereocenters. The lowest BCUT2D eigenvalue weighted by Crippen LogP contribution is -2.56. The first-order valence-electron chi connectivity index (χ1n) is 11.9. The number of urea groups is 1. The Bertz CT molecular complexity index is 754. The summed E-state index contributed by atoms with van der Waals surface area (Å²) in [6, 6.07) is -1.38. The van der Waals surface area contributed by atoms with E-state index < -0.39 is 29.6 Å². The molecule has 3 rings (SSSR count). The number of hydrazine groups is 1. The zero-order chi connectivity index (χ0) is 24.2. The highest BCUT2D eigenvalue weighted by Gasteiger charge is 2.48. The number of piperidine rings is 1. The van der Waals surface area contributed by atoms with Crippen LogP contribution in [0.2, 0.25) is 0 Å². The first-order valence-corrected chi connectivity index (χ1v) is 11.9. The van der Waals surface area contributed by atoms with E-state index in [4.69, 9.17) is 9.57 Å². The fraction of sp³-hybridized carbons (Fsp3) is 0.818. The second kappa shape index (κ2) is 10.6. The Kier molecular flexibility index (Phi) is 8.04. The number of ether oxygens (including phenoxy) is 1. The molecule has 3 N–H and O–H groups in total. The van der Waals surface area contributed by atoms with Crippen LogP contribution in [0.15, 0.2) is 0 Å².